The molecule has 4 heteroatoms. The Morgan fingerprint density at radius 1 is 1.14 bits per heavy atom. The second-order valence-electron chi connectivity index (χ2n) is 5.64. The maximum atomic E-state index is 3.96. The third kappa shape index (κ3) is 5.00. The Labute approximate surface area is 141 Å². The molecule has 1 aliphatic heterocycles. The SMILES string of the molecule is C=CC[C@H](c1c(C)cc(C)cc1C)N1CCNCC1.Cl.Cl. The van der Waals surface area contributed by atoms with Gasteiger partial charge in [0.05, 0.1) is 0 Å². The number of halogens is 2. The first kappa shape index (κ1) is 20.5. The molecule has 0 spiro atoms. The van der Waals surface area contributed by atoms with Gasteiger partial charge in [0.1, 0.15) is 0 Å². The monoisotopic (exact) mass is 330 g/mol. The minimum absolute atomic E-state index is 0. The first-order chi connectivity index (χ1) is 9.13. The summed E-state index contributed by atoms with van der Waals surface area (Å²) in [7, 11) is 0. The van der Waals surface area contributed by atoms with Crippen LogP contribution in [0.5, 0.6) is 0 Å². The van der Waals surface area contributed by atoms with E-state index in [1.54, 1.807) is 0 Å². The molecular weight excluding hydrogens is 303 g/mol. The Morgan fingerprint density at radius 3 is 2.14 bits per heavy atom. The zero-order valence-electron chi connectivity index (χ0n) is 13.3. The van der Waals surface area contributed by atoms with Crippen LogP contribution in [0.25, 0.3) is 0 Å². The van der Waals surface area contributed by atoms with Crippen molar-refractivity contribution >= 4 is 24.8 Å². The van der Waals surface area contributed by atoms with E-state index in [9.17, 15) is 0 Å². The minimum atomic E-state index is 0. The Balaban J connectivity index is 0.00000200. The molecule has 2 nitrogen and oxygen atoms in total. The van der Waals surface area contributed by atoms with Gasteiger partial charge in [0.25, 0.3) is 0 Å². The van der Waals surface area contributed by atoms with E-state index in [-0.39, 0.29) is 24.8 Å². The number of nitrogens with one attached hydrogen (secondary N) is 1. The van der Waals surface area contributed by atoms with Crippen molar-refractivity contribution in [3.05, 3.63) is 47.0 Å². The lowest BCUT2D eigenvalue weighted by molar-refractivity contribution is 0.173. The molecule has 0 unspecified atom stereocenters. The van der Waals surface area contributed by atoms with Gasteiger partial charge in [-0.1, -0.05) is 23.8 Å². The number of rotatable bonds is 4. The minimum Gasteiger partial charge on any atom is -0.314 e. The highest BCUT2D eigenvalue weighted by atomic mass is 35.5. The van der Waals surface area contributed by atoms with Crippen LogP contribution in [-0.2, 0) is 0 Å². The van der Waals surface area contributed by atoms with Gasteiger partial charge in [-0.15, -0.1) is 31.4 Å². The molecule has 1 aromatic rings. The first-order valence-corrected chi connectivity index (χ1v) is 7.27. The van der Waals surface area contributed by atoms with Crippen molar-refractivity contribution in [3.63, 3.8) is 0 Å². The lowest BCUT2D eigenvalue weighted by atomic mass is 9.91. The number of aryl methyl sites for hydroxylation is 3. The molecule has 1 fully saturated rings. The summed E-state index contributed by atoms with van der Waals surface area (Å²) in [4.78, 5) is 2.60. The molecule has 1 aliphatic rings. The van der Waals surface area contributed by atoms with Crippen molar-refractivity contribution in [2.45, 2.75) is 33.2 Å². The Bertz CT molecular complexity index is 431. The van der Waals surface area contributed by atoms with Crippen LogP contribution in [0.4, 0.5) is 0 Å². The zero-order valence-corrected chi connectivity index (χ0v) is 14.9. The van der Waals surface area contributed by atoms with E-state index in [1.165, 1.54) is 22.3 Å². The predicted octanol–water partition coefficient (Wildman–Crippen LogP) is 3.98. The third-order valence-electron chi connectivity index (χ3n) is 4.05. The Morgan fingerprint density at radius 2 is 1.67 bits per heavy atom. The van der Waals surface area contributed by atoms with E-state index >= 15 is 0 Å². The molecule has 0 radical (unpaired) electrons. The van der Waals surface area contributed by atoms with Gasteiger partial charge >= 0.3 is 0 Å². The Kier molecular flexibility index (Phi) is 9.23. The molecule has 1 saturated heterocycles. The largest absolute Gasteiger partial charge is 0.314 e. The standard InChI is InChI=1S/C17H26N2.2ClH/c1-5-6-16(19-9-7-18-8-10-19)17-14(3)11-13(2)12-15(17)4;;/h5,11-12,16,18H,1,6-10H2,2-4H3;2*1H/t16-;;/m1../s1. The van der Waals surface area contributed by atoms with E-state index in [1.807, 2.05) is 0 Å². The van der Waals surface area contributed by atoms with E-state index in [4.69, 9.17) is 0 Å². The summed E-state index contributed by atoms with van der Waals surface area (Å²) in [6.07, 6.45) is 3.09. The predicted molar refractivity (Wildman–Crippen MR) is 97.1 cm³/mol. The molecular formula is C17H28Cl2N2. The van der Waals surface area contributed by atoms with Gasteiger partial charge < -0.3 is 5.32 Å². The van der Waals surface area contributed by atoms with Crippen LogP contribution in [-0.4, -0.2) is 31.1 Å². The molecule has 1 aromatic carbocycles. The summed E-state index contributed by atoms with van der Waals surface area (Å²) in [6.45, 7) is 15.1. The average Bonchev–Trinajstić information content (AvgIpc) is 2.37. The number of benzene rings is 1. The van der Waals surface area contributed by atoms with Gasteiger partial charge in [-0.05, 0) is 43.9 Å². The molecule has 1 N–H and O–H groups in total. The third-order valence-corrected chi connectivity index (χ3v) is 4.05. The van der Waals surface area contributed by atoms with Gasteiger partial charge in [0, 0.05) is 32.2 Å². The van der Waals surface area contributed by atoms with Crippen molar-refractivity contribution in [2.75, 3.05) is 26.2 Å². The molecule has 0 bridgehead atoms. The molecule has 120 valence electrons. The van der Waals surface area contributed by atoms with Crippen molar-refractivity contribution in [1.29, 1.82) is 0 Å². The number of hydrogen-bond acceptors (Lipinski definition) is 2. The van der Waals surface area contributed by atoms with Crippen molar-refractivity contribution in [3.8, 4) is 0 Å². The first-order valence-electron chi connectivity index (χ1n) is 7.27. The number of piperazine rings is 1. The lowest BCUT2D eigenvalue weighted by Gasteiger charge is -2.36. The highest BCUT2D eigenvalue weighted by molar-refractivity contribution is 5.85. The van der Waals surface area contributed by atoms with E-state index in [2.05, 4.69) is 55.8 Å². The summed E-state index contributed by atoms with van der Waals surface area (Å²) >= 11 is 0. The lowest BCUT2D eigenvalue weighted by Crippen LogP contribution is -2.45. The van der Waals surface area contributed by atoms with Crippen LogP contribution in [0.15, 0.2) is 24.8 Å². The molecule has 1 atom stereocenters. The van der Waals surface area contributed by atoms with Crippen molar-refractivity contribution in [2.24, 2.45) is 0 Å². The van der Waals surface area contributed by atoms with Gasteiger partial charge in [-0.3, -0.25) is 4.90 Å². The quantitative estimate of drug-likeness (QED) is 0.840. The van der Waals surface area contributed by atoms with Gasteiger partial charge in [0.15, 0.2) is 0 Å². The maximum absolute atomic E-state index is 3.96. The van der Waals surface area contributed by atoms with E-state index < -0.39 is 0 Å². The van der Waals surface area contributed by atoms with Crippen LogP contribution in [0.3, 0.4) is 0 Å². The van der Waals surface area contributed by atoms with Crippen LogP contribution < -0.4 is 5.32 Å². The molecule has 0 aromatic heterocycles. The van der Waals surface area contributed by atoms with Crippen molar-refractivity contribution in [1.82, 2.24) is 10.2 Å². The molecule has 2 rings (SSSR count). The van der Waals surface area contributed by atoms with Crippen LogP contribution >= 0.6 is 24.8 Å². The summed E-state index contributed by atoms with van der Waals surface area (Å²) in [5, 5.41) is 3.43. The zero-order chi connectivity index (χ0) is 13.8. The maximum Gasteiger partial charge on any atom is 0.0388 e. The summed E-state index contributed by atoms with van der Waals surface area (Å²) in [6, 6.07) is 5.10. The summed E-state index contributed by atoms with van der Waals surface area (Å²) < 4.78 is 0. The van der Waals surface area contributed by atoms with Gasteiger partial charge in [-0.25, -0.2) is 0 Å². The fraction of sp³-hybridized carbons (Fsp3) is 0.529. The highest BCUT2D eigenvalue weighted by Crippen LogP contribution is 2.31. The fourth-order valence-electron chi connectivity index (χ4n) is 3.32. The van der Waals surface area contributed by atoms with Crippen LogP contribution in [0.2, 0.25) is 0 Å². The van der Waals surface area contributed by atoms with Crippen LogP contribution in [0, 0.1) is 20.8 Å². The molecule has 0 aliphatic carbocycles. The summed E-state index contributed by atoms with van der Waals surface area (Å²) in [5.74, 6) is 0. The number of hydrogen-bond donors (Lipinski definition) is 1. The normalized spacial score (nSPS) is 16.5. The Hall–Kier alpha value is -0.540. The number of nitrogens with zero attached hydrogens (tertiary/aromatic N) is 1. The topological polar surface area (TPSA) is 15.3 Å². The summed E-state index contributed by atoms with van der Waals surface area (Å²) in [5.41, 5.74) is 5.70. The van der Waals surface area contributed by atoms with E-state index in [0.29, 0.717) is 6.04 Å². The van der Waals surface area contributed by atoms with Gasteiger partial charge in [-0.2, -0.15) is 0 Å². The second kappa shape index (κ2) is 9.47. The molecule has 0 saturated carbocycles. The highest BCUT2D eigenvalue weighted by Gasteiger charge is 2.23. The van der Waals surface area contributed by atoms with Gasteiger partial charge in [0.2, 0.25) is 0 Å². The molecule has 21 heavy (non-hydrogen) atoms. The van der Waals surface area contributed by atoms with Crippen LogP contribution in [0.1, 0.15) is 34.7 Å². The average molecular weight is 331 g/mol. The smallest absolute Gasteiger partial charge is 0.0388 e. The molecule has 1 heterocycles. The van der Waals surface area contributed by atoms with Crippen molar-refractivity contribution < 1.29 is 0 Å². The molecule has 0 amide bonds. The second-order valence-corrected chi connectivity index (χ2v) is 5.64. The van der Waals surface area contributed by atoms with E-state index in [0.717, 1.165) is 32.6 Å². The fourth-order valence-corrected chi connectivity index (χ4v) is 3.32.